The zero-order valence-electron chi connectivity index (χ0n) is 15.3. The Morgan fingerprint density at radius 3 is 2.62 bits per heavy atom. The lowest BCUT2D eigenvalue weighted by Gasteiger charge is -2.22. The molecule has 3 heterocycles. The van der Waals surface area contributed by atoms with Crippen LogP contribution >= 0.6 is 0 Å². The molecule has 0 bridgehead atoms. The van der Waals surface area contributed by atoms with Gasteiger partial charge in [-0.2, -0.15) is 4.98 Å². The molecule has 1 amide bonds. The van der Waals surface area contributed by atoms with Crippen LogP contribution in [0.1, 0.15) is 28.8 Å². The Morgan fingerprint density at radius 2 is 1.88 bits per heavy atom. The molecule has 0 spiro atoms. The molecule has 26 heavy (non-hydrogen) atoms. The number of rotatable bonds is 3. The van der Waals surface area contributed by atoms with E-state index in [0.717, 1.165) is 22.2 Å². The summed E-state index contributed by atoms with van der Waals surface area (Å²) in [6.45, 7) is 8.69. The molecule has 1 aliphatic heterocycles. The van der Waals surface area contributed by atoms with Gasteiger partial charge in [-0.05, 0) is 45.2 Å². The zero-order chi connectivity index (χ0) is 18.4. The van der Waals surface area contributed by atoms with Gasteiger partial charge in [0.15, 0.2) is 0 Å². The first-order chi connectivity index (χ1) is 12.5. The fraction of sp³-hybridized carbons (Fsp3) is 0.368. The third-order valence-corrected chi connectivity index (χ3v) is 4.87. The standard InChI is InChI=1S/C19H21N5O2/c1-10-7-11(2)16(12(3)8-10)24-6-5-14(19(24)25)22-17-15-13(4)23-26-18(15)21-9-20-17/h7-9,14H,5-6H2,1-4H3,(H,20,21,22). The first-order valence-corrected chi connectivity index (χ1v) is 8.68. The predicted molar refractivity (Wildman–Crippen MR) is 99.4 cm³/mol. The largest absolute Gasteiger partial charge is 0.358 e. The number of aromatic nitrogens is 3. The average molecular weight is 351 g/mol. The molecule has 7 heteroatoms. The number of anilines is 2. The number of benzene rings is 1. The predicted octanol–water partition coefficient (Wildman–Crippen LogP) is 3.07. The average Bonchev–Trinajstić information content (AvgIpc) is 3.12. The molecule has 1 unspecified atom stereocenters. The topological polar surface area (TPSA) is 84.2 Å². The van der Waals surface area contributed by atoms with E-state index in [1.165, 1.54) is 11.9 Å². The Labute approximate surface area is 151 Å². The summed E-state index contributed by atoms with van der Waals surface area (Å²) in [6, 6.07) is 3.90. The Bertz CT molecular complexity index is 987. The van der Waals surface area contributed by atoms with Gasteiger partial charge in [0.1, 0.15) is 23.6 Å². The lowest BCUT2D eigenvalue weighted by molar-refractivity contribution is -0.117. The van der Waals surface area contributed by atoms with Crippen LogP contribution in [0.25, 0.3) is 11.1 Å². The summed E-state index contributed by atoms with van der Waals surface area (Å²) < 4.78 is 5.18. The molecular weight excluding hydrogens is 330 g/mol. The van der Waals surface area contributed by atoms with Crippen molar-refractivity contribution < 1.29 is 9.32 Å². The molecular formula is C19H21N5O2. The normalized spacial score (nSPS) is 17.3. The molecule has 1 N–H and O–H groups in total. The first kappa shape index (κ1) is 16.5. The van der Waals surface area contributed by atoms with Crippen molar-refractivity contribution >= 4 is 28.5 Å². The van der Waals surface area contributed by atoms with E-state index < -0.39 is 0 Å². The maximum Gasteiger partial charge on any atom is 0.263 e. The van der Waals surface area contributed by atoms with Crippen molar-refractivity contribution in [2.75, 3.05) is 16.8 Å². The SMILES string of the molecule is Cc1cc(C)c(N2CCC(Nc3ncnc4onc(C)c34)C2=O)c(C)c1. The number of carbonyl (C=O) groups excluding carboxylic acids is 1. The highest BCUT2D eigenvalue weighted by Crippen LogP contribution is 2.31. The van der Waals surface area contributed by atoms with Gasteiger partial charge in [0.05, 0.1) is 5.69 Å². The number of nitrogens with one attached hydrogen (secondary N) is 1. The molecule has 7 nitrogen and oxygen atoms in total. The van der Waals surface area contributed by atoms with Crippen molar-refractivity contribution in [3.05, 3.63) is 40.8 Å². The van der Waals surface area contributed by atoms with Gasteiger partial charge in [0, 0.05) is 12.2 Å². The van der Waals surface area contributed by atoms with E-state index in [2.05, 4.69) is 53.3 Å². The van der Waals surface area contributed by atoms with Crippen LogP contribution in [0.5, 0.6) is 0 Å². The number of hydrogen-bond donors (Lipinski definition) is 1. The van der Waals surface area contributed by atoms with Crippen LogP contribution in [-0.2, 0) is 4.79 Å². The van der Waals surface area contributed by atoms with Crippen LogP contribution in [0.3, 0.4) is 0 Å². The summed E-state index contributed by atoms with van der Waals surface area (Å²) in [5.74, 6) is 0.646. The molecule has 1 atom stereocenters. The number of carbonyl (C=O) groups is 1. The molecule has 0 aliphatic carbocycles. The summed E-state index contributed by atoms with van der Waals surface area (Å²) in [6.07, 6.45) is 2.13. The third kappa shape index (κ3) is 2.60. The fourth-order valence-corrected chi connectivity index (χ4v) is 3.83. The zero-order valence-corrected chi connectivity index (χ0v) is 15.3. The molecule has 4 rings (SSSR count). The second-order valence-electron chi connectivity index (χ2n) is 6.89. The van der Waals surface area contributed by atoms with Crippen molar-refractivity contribution in [3.63, 3.8) is 0 Å². The van der Waals surface area contributed by atoms with Crippen LogP contribution in [0.2, 0.25) is 0 Å². The van der Waals surface area contributed by atoms with Crippen LogP contribution in [0.4, 0.5) is 11.5 Å². The van der Waals surface area contributed by atoms with Crippen LogP contribution in [0, 0.1) is 27.7 Å². The molecule has 0 saturated carbocycles. The molecule has 1 aromatic carbocycles. The Balaban J connectivity index is 1.63. The molecule has 1 fully saturated rings. The van der Waals surface area contributed by atoms with Crippen LogP contribution < -0.4 is 10.2 Å². The quantitative estimate of drug-likeness (QED) is 0.781. The van der Waals surface area contributed by atoms with Gasteiger partial charge in [-0.25, -0.2) is 4.98 Å². The lowest BCUT2D eigenvalue weighted by atomic mass is 10.0. The molecule has 2 aromatic heterocycles. The summed E-state index contributed by atoms with van der Waals surface area (Å²) in [5, 5.41) is 7.92. The van der Waals surface area contributed by atoms with Crippen molar-refractivity contribution in [2.24, 2.45) is 0 Å². The maximum atomic E-state index is 13.0. The van der Waals surface area contributed by atoms with Crippen LogP contribution in [-0.4, -0.2) is 33.6 Å². The van der Waals surface area contributed by atoms with Crippen molar-refractivity contribution in [1.82, 2.24) is 15.1 Å². The van der Waals surface area contributed by atoms with Gasteiger partial charge in [-0.3, -0.25) is 4.79 Å². The molecule has 1 aliphatic rings. The summed E-state index contributed by atoms with van der Waals surface area (Å²) >= 11 is 0. The third-order valence-electron chi connectivity index (χ3n) is 4.87. The van der Waals surface area contributed by atoms with Gasteiger partial charge in [-0.1, -0.05) is 22.9 Å². The highest BCUT2D eigenvalue weighted by atomic mass is 16.5. The van der Waals surface area contributed by atoms with Crippen molar-refractivity contribution in [2.45, 2.75) is 40.2 Å². The van der Waals surface area contributed by atoms with E-state index in [1.54, 1.807) is 0 Å². The minimum Gasteiger partial charge on any atom is -0.358 e. The minimum atomic E-state index is -0.331. The second-order valence-corrected chi connectivity index (χ2v) is 6.89. The van der Waals surface area contributed by atoms with Gasteiger partial charge >= 0.3 is 0 Å². The van der Waals surface area contributed by atoms with E-state index in [4.69, 9.17) is 4.52 Å². The van der Waals surface area contributed by atoms with E-state index in [1.807, 2.05) is 11.8 Å². The smallest absolute Gasteiger partial charge is 0.263 e. The Morgan fingerprint density at radius 1 is 1.15 bits per heavy atom. The summed E-state index contributed by atoms with van der Waals surface area (Å²) in [4.78, 5) is 23.3. The monoisotopic (exact) mass is 351 g/mol. The highest BCUT2D eigenvalue weighted by molar-refractivity contribution is 6.03. The molecule has 1 saturated heterocycles. The maximum absolute atomic E-state index is 13.0. The van der Waals surface area contributed by atoms with Gasteiger partial charge in [0.25, 0.3) is 5.71 Å². The number of aryl methyl sites for hydroxylation is 4. The second kappa shape index (κ2) is 6.09. The number of hydrogen-bond acceptors (Lipinski definition) is 6. The summed E-state index contributed by atoms with van der Waals surface area (Å²) in [7, 11) is 0. The van der Waals surface area contributed by atoms with Crippen molar-refractivity contribution in [3.8, 4) is 0 Å². The van der Waals surface area contributed by atoms with Gasteiger partial charge in [-0.15, -0.1) is 0 Å². The van der Waals surface area contributed by atoms with E-state index in [9.17, 15) is 4.79 Å². The minimum absolute atomic E-state index is 0.0564. The van der Waals surface area contributed by atoms with E-state index >= 15 is 0 Å². The number of fused-ring (bicyclic) bond motifs is 1. The lowest BCUT2D eigenvalue weighted by Crippen LogP contribution is -2.34. The fourth-order valence-electron chi connectivity index (χ4n) is 3.83. The van der Waals surface area contributed by atoms with Gasteiger partial charge in [0.2, 0.25) is 5.91 Å². The number of nitrogens with zero attached hydrogens (tertiary/aromatic N) is 4. The van der Waals surface area contributed by atoms with Gasteiger partial charge < -0.3 is 14.7 Å². The molecule has 134 valence electrons. The summed E-state index contributed by atoms with van der Waals surface area (Å²) in [5.41, 5.74) is 5.59. The van der Waals surface area contributed by atoms with Crippen molar-refractivity contribution in [1.29, 1.82) is 0 Å². The first-order valence-electron chi connectivity index (χ1n) is 8.68. The number of amides is 1. The Kier molecular flexibility index (Phi) is 3.86. The Hall–Kier alpha value is -2.96. The molecule has 0 radical (unpaired) electrons. The van der Waals surface area contributed by atoms with E-state index in [-0.39, 0.29) is 11.9 Å². The van der Waals surface area contributed by atoms with Crippen LogP contribution in [0.15, 0.2) is 23.0 Å². The highest BCUT2D eigenvalue weighted by Gasteiger charge is 2.34. The van der Waals surface area contributed by atoms with E-state index in [0.29, 0.717) is 30.2 Å². The molecule has 3 aromatic rings.